The first-order chi connectivity index (χ1) is 5.83. The van der Waals surface area contributed by atoms with Crippen molar-refractivity contribution in [2.45, 2.75) is 0 Å². The Morgan fingerprint density at radius 1 is 1.58 bits per heavy atom. The van der Waals surface area contributed by atoms with Gasteiger partial charge in [0.1, 0.15) is 5.76 Å². The predicted octanol–water partition coefficient (Wildman–Crippen LogP) is 0.940. The highest BCUT2D eigenvalue weighted by molar-refractivity contribution is 5.70. The summed E-state index contributed by atoms with van der Waals surface area (Å²) in [5.41, 5.74) is 5.41. The van der Waals surface area contributed by atoms with Crippen LogP contribution in [0.15, 0.2) is 35.4 Å². The Morgan fingerprint density at radius 2 is 2.42 bits per heavy atom. The van der Waals surface area contributed by atoms with E-state index in [1.54, 1.807) is 18.2 Å². The zero-order valence-electron chi connectivity index (χ0n) is 6.66. The maximum atomic E-state index is 10.6. The van der Waals surface area contributed by atoms with Gasteiger partial charge in [-0.15, -0.1) is 0 Å². The molecule has 3 nitrogen and oxygen atoms in total. The second-order valence-corrected chi connectivity index (χ2v) is 2.03. The van der Waals surface area contributed by atoms with Gasteiger partial charge in [0.2, 0.25) is 0 Å². The van der Waals surface area contributed by atoms with Gasteiger partial charge in [-0.05, 0) is 12.2 Å². The molecule has 0 aromatic carbocycles. The first-order valence-electron chi connectivity index (χ1n) is 3.40. The molecule has 0 radical (unpaired) electrons. The first-order valence-corrected chi connectivity index (χ1v) is 3.40. The average Bonchev–Trinajstić information content (AvgIpc) is 2.16. The lowest BCUT2D eigenvalue weighted by molar-refractivity contribution is -0.144. The van der Waals surface area contributed by atoms with Crippen LogP contribution in [0.25, 0.3) is 0 Å². The number of allylic oxidation sites excluding steroid dienone is 3. The Hall–Kier alpha value is -1.69. The number of hydrogen-bond donors (Lipinski definition) is 0. The minimum absolute atomic E-state index is 0.0750. The van der Waals surface area contributed by atoms with Crippen molar-refractivity contribution >= 4 is 5.97 Å². The fourth-order valence-corrected chi connectivity index (χ4v) is 0.624. The van der Waals surface area contributed by atoms with E-state index in [-0.39, 0.29) is 6.61 Å². The molecule has 0 amide bonds. The molecule has 0 spiro atoms. The highest BCUT2D eigenvalue weighted by Gasteiger charge is 2.01. The van der Waals surface area contributed by atoms with E-state index in [9.17, 15) is 4.79 Å². The lowest BCUT2D eigenvalue weighted by Gasteiger charge is -2.03. The number of hydrogen-bond acceptors (Lipinski definition) is 3. The first kappa shape index (κ1) is 8.41. The van der Waals surface area contributed by atoms with Crippen molar-refractivity contribution in [3.05, 3.63) is 35.4 Å². The molecule has 0 N–H and O–H groups in total. The number of rotatable bonds is 3. The summed E-state index contributed by atoms with van der Waals surface area (Å²) in [6.45, 7) is -0.0750. The molecule has 1 rings (SSSR count). The minimum atomic E-state index is -0.400. The summed E-state index contributed by atoms with van der Waals surface area (Å²) in [4.78, 5) is 10.6. The van der Waals surface area contributed by atoms with Crippen LogP contribution in [-0.2, 0) is 14.3 Å². The van der Waals surface area contributed by atoms with E-state index in [1.807, 2.05) is 0 Å². The van der Waals surface area contributed by atoms with Crippen LogP contribution < -0.4 is 0 Å². The molecular weight excluding hydrogens is 156 g/mol. The van der Waals surface area contributed by atoms with E-state index in [0.717, 1.165) is 0 Å². The maximum absolute atomic E-state index is 10.6. The van der Waals surface area contributed by atoms with Gasteiger partial charge in [0.05, 0.1) is 7.11 Å². The summed E-state index contributed by atoms with van der Waals surface area (Å²) in [6, 6.07) is 0. The van der Waals surface area contributed by atoms with Crippen molar-refractivity contribution in [2.24, 2.45) is 0 Å². The summed E-state index contributed by atoms with van der Waals surface area (Å²) < 4.78 is 9.42. The Balaban J connectivity index is 2.35. The largest absolute Gasteiger partial charge is 0.481 e. The van der Waals surface area contributed by atoms with Gasteiger partial charge in [-0.1, -0.05) is 11.5 Å². The Bertz CT molecular complexity index is 300. The van der Waals surface area contributed by atoms with Gasteiger partial charge in [0.15, 0.2) is 6.61 Å². The molecule has 0 saturated heterocycles. The van der Waals surface area contributed by atoms with Crippen molar-refractivity contribution in [3.8, 4) is 0 Å². The van der Waals surface area contributed by atoms with Crippen LogP contribution in [0.3, 0.4) is 0 Å². The van der Waals surface area contributed by atoms with Crippen LogP contribution in [0.5, 0.6) is 0 Å². The van der Waals surface area contributed by atoms with Gasteiger partial charge in [-0.2, -0.15) is 0 Å². The van der Waals surface area contributed by atoms with Crippen LogP contribution in [0, 0.1) is 0 Å². The zero-order valence-corrected chi connectivity index (χ0v) is 6.66. The van der Waals surface area contributed by atoms with E-state index in [1.165, 1.54) is 7.11 Å². The van der Waals surface area contributed by atoms with Crippen LogP contribution in [0.2, 0.25) is 0 Å². The fraction of sp³-hybridized carbons (Fsp3) is 0.222. The summed E-state index contributed by atoms with van der Waals surface area (Å²) in [6.07, 6.45) is 4.95. The molecule has 3 heteroatoms. The topological polar surface area (TPSA) is 35.5 Å². The summed E-state index contributed by atoms with van der Waals surface area (Å²) in [7, 11) is 1.32. The molecule has 1 aliphatic carbocycles. The second kappa shape index (κ2) is 4.24. The normalized spacial score (nSPS) is 12.6. The average molecular weight is 164 g/mol. The number of methoxy groups -OCH3 is 1. The molecule has 62 valence electrons. The van der Waals surface area contributed by atoms with Gasteiger partial charge in [0.25, 0.3) is 0 Å². The lowest BCUT2D eigenvalue weighted by Crippen LogP contribution is -2.09. The molecule has 0 atom stereocenters. The Labute approximate surface area is 70.3 Å². The van der Waals surface area contributed by atoms with Crippen LogP contribution in [0.4, 0.5) is 0 Å². The second-order valence-electron chi connectivity index (χ2n) is 2.03. The van der Waals surface area contributed by atoms with Crippen molar-refractivity contribution in [3.63, 3.8) is 0 Å². The van der Waals surface area contributed by atoms with Crippen molar-refractivity contribution < 1.29 is 14.3 Å². The van der Waals surface area contributed by atoms with Crippen molar-refractivity contribution in [1.82, 2.24) is 0 Å². The summed E-state index contributed by atoms with van der Waals surface area (Å²) in [5.74, 6) is 0.182. The van der Waals surface area contributed by atoms with Gasteiger partial charge in [-0.3, -0.25) is 0 Å². The van der Waals surface area contributed by atoms with Gasteiger partial charge in [0, 0.05) is 6.08 Å². The van der Waals surface area contributed by atoms with Crippen molar-refractivity contribution in [2.75, 3.05) is 13.7 Å². The molecule has 0 aliphatic heterocycles. The van der Waals surface area contributed by atoms with E-state index in [0.29, 0.717) is 5.76 Å². The molecule has 0 aromatic heterocycles. The third-order valence-corrected chi connectivity index (χ3v) is 1.21. The highest BCUT2D eigenvalue weighted by atomic mass is 16.6. The monoisotopic (exact) mass is 164 g/mol. The van der Waals surface area contributed by atoms with E-state index in [4.69, 9.17) is 4.74 Å². The molecule has 0 unspecified atom stereocenters. The molecule has 1 aliphatic rings. The third-order valence-electron chi connectivity index (χ3n) is 1.21. The Morgan fingerprint density at radius 3 is 3.00 bits per heavy atom. The highest BCUT2D eigenvalue weighted by Crippen LogP contribution is 2.01. The smallest absolute Gasteiger partial charge is 0.343 e. The number of ether oxygens (including phenoxy) is 2. The van der Waals surface area contributed by atoms with Crippen LogP contribution in [0.1, 0.15) is 0 Å². The molecule has 0 bridgehead atoms. The number of carbonyl (C=O) groups is 1. The third kappa shape index (κ3) is 2.51. The quantitative estimate of drug-likeness (QED) is 0.460. The molecule has 0 saturated carbocycles. The predicted molar refractivity (Wildman–Crippen MR) is 42.2 cm³/mol. The standard InChI is InChI=1S/C9H8O3/c1-11-9(10)7-12-8-5-3-2-4-6-8/h3,5-6H,7H2,1H3. The van der Waals surface area contributed by atoms with E-state index in [2.05, 4.69) is 16.2 Å². The number of carbonyl (C=O) groups excluding carboxylic acids is 1. The minimum Gasteiger partial charge on any atom is -0.481 e. The molecule has 12 heavy (non-hydrogen) atoms. The fourth-order valence-electron chi connectivity index (χ4n) is 0.624. The Kier molecular flexibility index (Phi) is 2.97. The van der Waals surface area contributed by atoms with E-state index < -0.39 is 5.97 Å². The number of esters is 1. The summed E-state index contributed by atoms with van der Waals surface area (Å²) >= 11 is 0. The van der Waals surface area contributed by atoms with Gasteiger partial charge < -0.3 is 9.47 Å². The van der Waals surface area contributed by atoms with Gasteiger partial charge in [-0.25, -0.2) is 4.79 Å². The van der Waals surface area contributed by atoms with Crippen LogP contribution in [-0.4, -0.2) is 19.7 Å². The SMILES string of the molecule is COC(=O)COC1=CC=C=C=C1. The molecular formula is C9H8O3. The van der Waals surface area contributed by atoms with Gasteiger partial charge >= 0.3 is 5.97 Å². The van der Waals surface area contributed by atoms with E-state index >= 15 is 0 Å². The zero-order chi connectivity index (χ0) is 8.81. The lowest BCUT2D eigenvalue weighted by atomic mass is 10.3. The van der Waals surface area contributed by atoms with Crippen molar-refractivity contribution in [1.29, 1.82) is 0 Å². The molecule has 0 fully saturated rings. The molecule has 0 aromatic rings. The van der Waals surface area contributed by atoms with Crippen LogP contribution >= 0.6 is 0 Å². The molecule has 0 heterocycles. The maximum Gasteiger partial charge on any atom is 0.343 e. The summed E-state index contributed by atoms with van der Waals surface area (Å²) in [5, 5.41) is 0.